The highest BCUT2D eigenvalue weighted by Gasteiger charge is 2.14. The van der Waals surface area contributed by atoms with Gasteiger partial charge in [0, 0.05) is 48.7 Å². The molecule has 2 aromatic rings. The van der Waals surface area contributed by atoms with Crippen LogP contribution in [-0.2, 0) is 47.4 Å². The number of nitrogens with zero attached hydrogens (tertiary/aromatic N) is 2. The van der Waals surface area contributed by atoms with E-state index >= 15 is 0 Å². The number of rotatable bonds is 4. The first-order chi connectivity index (χ1) is 24.8. The molecule has 0 aliphatic carbocycles. The van der Waals surface area contributed by atoms with Crippen LogP contribution in [0.25, 0.3) is 0 Å². The van der Waals surface area contributed by atoms with Crippen molar-refractivity contribution in [1.29, 1.82) is 0 Å². The van der Waals surface area contributed by atoms with Crippen LogP contribution in [0.5, 0.6) is 0 Å². The van der Waals surface area contributed by atoms with Gasteiger partial charge in [-0.2, -0.15) is 0 Å². The molecule has 0 N–H and O–H groups in total. The summed E-state index contributed by atoms with van der Waals surface area (Å²) in [5.41, 5.74) is 3.25. The van der Waals surface area contributed by atoms with Crippen molar-refractivity contribution in [1.82, 2.24) is 0 Å². The lowest BCUT2D eigenvalue weighted by Gasteiger charge is -2.25. The Kier molecular flexibility index (Phi) is 21.0. The van der Waals surface area contributed by atoms with Crippen LogP contribution in [0.1, 0.15) is 15.9 Å². The third-order valence-corrected chi connectivity index (χ3v) is 7.99. The number of carbonyl (C=O) groups is 1. The summed E-state index contributed by atoms with van der Waals surface area (Å²) in [6.45, 7) is 13.3. The SMILES string of the molecule is O=C(c1ccc(N2CCOCCOCCOCCOCCOCC2)cc1)c1ccc(N2CCOCCOCCOCCOCCOCC2)cc1. The van der Waals surface area contributed by atoms with Crippen LogP contribution in [0.3, 0.4) is 0 Å². The maximum atomic E-state index is 13.5. The number of anilines is 2. The Hall–Kier alpha value is -2.69. The Morgan fingerprint density at radius 2 is 0.520 bits per heavy atom. The predicted molar refractivity (Wildman–Crippen MR) is 189 cm³/mol. The Balaban J connectivity index is 1.30. The monoisotopic (exact) mass is 704 g/mol. The van der Waals surface area contributed by atoms with Crippen LogP contribution >= 0.6 is 0 Å². The zero-order valence-electron chi connectivity index (χ0n) is 29.5. The highest BCUT2D eigenvalue weighted by atomic mass is 16.6. The summed E-state index contributed by atoms with van der Waals surface area (Å²) in [7, 11) is 0. The van der Waals surface area contributed by atoms with Gasteiger partial charge in [-0.05, 0) is 48.5 Å². The fourth-order valence-electron chi connectivity index (χ4n) is 5.22. The highest BCUT2D eigenvalue weighted by molar-refractivity contribution is 6.09. The van der Waals surface area contributed by atoms with Crippen molar-refractivity contribution in [2.75, 3.05) is 168 Å². The minimum Gasteiger partial charge on any atom is -0.377 e. The Morgan fingerprint density at radius 3 is 0.740 bits per heavy atom. The smallest absolute Gasteiger partial charge is 0.193 e. The van der Waals surface area contributed by atoms with Gasteiger partial charge < -0.3 is 57.2 Å². The normalized spacial score (nSPS) is 20.9. The van der Waals surface area contributed by atoms with Crippen molar-refractivity contribution in [3.05, 3.63) is 59.7 Å². The van der Waals surface area contributed by atoms with Crippen molar-refractivity contribution in [2.24, 2.45) is 0 Å². The van der Waals surface area contributed by atoms with Gasteiger partial charge >= 0.3 is 0 Å². The molecule has 0 saturated carbocycles. The molecule has 2 heterocycles. The number of benzene rings is 2. The van der Waals surface area contributed by atoms with Crippen LogP contribution in [0.2, 0.25) is 0 Å². The fourth-order valence-corrected chi connectivity index (χ4v) is 5.22. The molecule has 0 radical (unpaired) electrons. The van der Waals surface area contributed by atoms with E-state index in [-0.39, 0.29) is 5.78 Å². The maximum Gasteiger partial charge on any atom is 0.193 e. The quantitative estimate of drug-likeness (QED) is 0.435. The van der Waals surface area contributed by atoms with Gasteiger partial charge in [0.1, 0.15) is 0 Å². The zero-order valence-corrected chi connectivity index (χ0v) is 29.5. The standard InChI is InChI=1S/C37H56N2O11/c40-37(33-1-5-35(6-2-33)38-9-13-41-17-21-45-25-29-49-30-26-46-22-18-42-14-10-38)34-3-7-36(8-4-34)39-11-15-43-19-23-47-27-31-50-32-28-48-24-20-44-16-12-39/h1-8H,9-32H2. The lowest BCUT2D eigenvalue weighted by Crippen LogP contribution is -2.32. The van der Waals surface area contributed by atoms with Gasteiger partial charge in [0.15, 0.2) is 5.78 Å². The van der Waals surface area contributed by atoms with E-state index in [4.69, 9.17) is 47.4 Å². The number of carbonyl (C=O) groups excluding carboxylic acids is 1. The number of hydrogen-bond acceptors (Lipinski definition) is 13. The zero-order chi connectivity index (χ0) is 34.7. The molecule has 0 bridgehead atoms. The number of ketones is 1. The third kappa shape index (κ3) is 16.6. The van der Waals surface area contributed by atoms with Crippen molar-refractivity contribution >= 4 is 17.2 Å². The van der Waals surface area contributed by atoms with Crippen LogP contribution in [0, 0.1) is 0 Å². The first-order valence-corrected chi connectivity index (χ1v) is 17.8. The molecule has 2 aliphatic heterocycles. The van der Waals surface area contributed by atoms with Crippen molar-refractivity contribution in [3.8, 4) is 0 Å². The average molecular weight is 705 g/mol. The Bertz CT molecular complexity index is 1020. The number of ether oxygens (including phenoxy) is 10. The summed E-state index contributed by atoms with van der Waals surface area (Å²) in [6.07, 6.45) is 0. The molecule has 2 fully saturated rings. The molecule has 0 atom stereocenters. The van der Waals surface area contributed by atoms with Gasteiger partial charge in [-0.3, -0.25) is 4.79 Å². The molecule has 50 heavy (non-hydrogen) atoms. The molecule has 13 heteroatoms. The summed E-state index contributed by atoms with van der Waals surface area (Å²) in [5.74, 6) is -0.0309. The van der Waals surface area contributed by atoms with E-state index in [2.05, 4.69) is 9.80 Å². The summed E-state index contributed by atoms with van der Waals surface area (Å²) < 4.78 is 56.5. The second-order valence-electron chi connectivity index (χ2n) is 11.5. The van der Waals surface area contributed by atoms with E-state index < -0.39 is 0 Å². The van der Waals surface area contributed by atoms with Gasteiger partial charge in [-0.1, -0.05) is 0 Å². The molecule has 4 rings (SSSR count). The van der Waals surface area contributed by atoms with Gasteiger partial charge in [0.05, 0.1) is 132 Å². The molecule has 0 spiro atoms. The van der Waals surface area contributed by atoms with E-state index in [0.717, 1.165) is 11.4 Å². The summed E-state index contributed by atoms with van der Waals surface area (Å²) >= 11 is 0. The Labute approximate surface area is 296 Å². The molecule has 2 aliphatic rings. The van der Waals surface area contributed by atoms with Crippen molar-refractivity contribution in [3.63, 3.8) is 0 Å². The first-order valence-electron chi connectivity index (χ1n) is 17.8. The summed E-state index contributed by atoms with van der Waals surface area (Å²) in [6, 6.07) is 15.5. The van der Waals surface area contributed by atoms with Gasteiger partial charge in [0.25, 0.3) is 0 Å². The average Bonchev–Trinajstić information content (AvgIpc) is 3.14. The van der Waals surface area contributed by atoms with E-state index in [1.54, 1.807) is 0 Å². The molecule has 280 valence electrons. The molecule has 0 aromatic heterocycles. The van der Waals surface area contributed by atoms with E-state index in [1.807, 2.05) is 48.5 Å². The first kappa shape index (κ1) is 40.1. The largest absolute Gasteiger partial charge is 0.377 e. The molecule has 0 unspecified atom stereocenters. The lowest BCUT2D eigenvalue weighted by atomic mass is 10.0. The van der Waals surface area contributed by atoms with Gasteiger partial charge in [0.2, 0.25) is 0 Å². The number of hydrogen-bond donors (Lipinski definition) is 0. The predicted octanol–water partition coefficient (Wildman–Crippen LogP) is 2.72. The van der Waals surface area contributed by atoms with E-state index in [0.29, 0.717) is 169 Å². The van der Waals surface area contributed by atoms with Crippen molar-refractivity contribution in [2.45, 2.75) is 0 Å². The van der Waals surface area contributed by atoms with E-state index in [1.165, 1.54) is 0 Å². The second-order valence-corrected chi connectivity index (χ2v) is 11.5. The van der Waals surface area contributed by atoms with Gasteiger partial charge in [-0.15, -0.1) is 0 Å². The molecular formula is C37H56N2O11. The lowest BCUT2D eigenvalue weighted by molar-refractivity contribution is -0.0116. The van der Waals surface area contributed by atoms with Crippen molar-refractivity contribution < 1.29 is 52.2 Å². The minimum absolute atomic E-state index is 0.0309. The maximum absolute atomic E-state index is 13.5. The van der Waals surface area contributed by atoms with E-state index in [9.17, 15) is 4.79 Å². The second kappa shape index (κ2) is 26.1. The van der Waals surface area contributed by atoms with Gasteiger partial charge in [-0.25, -0.2) is 0 Å². The Morgan fingerprint density at radius 1 is 0.320 bits per heavy atom. The fraction of sp³-hybridized carbons (Fsp3) is 0.649. The molecule has 0 amide bonds. The molecule has 2 saturated heterocycles. The molecule has 13 nitrogen and oxygen atoms in total. The third-order valence-electron chi connectivity index (χ3n) is 7.99. The van der Waals surface area contributed by atoms with Crippen LogP contribution in [-0.4, -0.2) is 164 Å². The summed E-state index contributed by atoms with van der Waals surface area (Å²) in [4.78, 5) is 17.9. The van der Waals surface area contributed by atoms with Crippen LogP contribution in [0.15, 0.2) is 48.5 Å². The van der Waals surface area contributed by atoms with Crippen LogP contribution < -0.4 is 9.80 Å². The summed E-state index contributed by atoms with van der Waals surface area (Å²) in [5, 5.41) is 0. The molecule has 2 aromatic carbocycles. The topological polar surface area (TPSA) is 116 Å². The highest BCUT2D eigenvalue weighted by Crippen LogP contribution is 2.20. The van der Waals surface area contributed by atoms with Crippen LogP contribution in [0.4, 0.5) is 11.4 Å². The minimum atomic E-state index is -0.0309. The molecular weight excluding hydrogens is 648 g/mol.